The molecule has 4 nitrogen and oxygen atoms in total. The molecule has 0 saturated carbocycles. The number of carbonyl (C=O) groups excluding carboxylic acids is 2. The first-order valence-corrected chi connectivity index (χ1v) is 8.15. The Bertz CT molecular complexity index is 808. The van der Waals surface area contributed by atoms with Crippen molar-refractivity contribution in [1.29, 1.82) is 0 Å². The van der Waals surface area contributed by atoms with Crippen LogP contribution in [0.2, 0.25) is 0 Å². The van der Waals surface area contributed by atoms with Crippen molar-refractivity contribution >= 4 is 50.9 Å². The Morgan fingerprint density at radius 1 is 1.00 bits per heavy atom. The van der Waals surface area contributed by atoms with Gasteiger partial charge in [-0.2, -0.15) is 0 Å². The van der Waals surface area contributed by atoms with Gasteiger partial charge in [0.1, 0.15) is 0 Å². The highest BCUT2D eigenvalue weighted by atomic mass is 127. The average molecular weight is 422 g/mol. The van der Waals surface area contributed by atoms with E-state index in [4.69, 9.17) is 5.11 Å². The van der Waals surface area contributed by atoms with Gasteiger partial charge in [0, 0.05) is 21.1 Å². The standard InChI is InChI=1S/C18H15IO4/c1-11(18(22)23)5-4-8-16(20)17(21)14-9-10-15(19)13-7-3-2-6-12(13)14/h2-3,6-7,9-10H,1,4-5,8H2,(H,22,23). The van der Waals surface area contributed by atoms with Crippen molar-refractivity contribution in [3.63, 3.8) is 0 Å². The predicted molar refractivity (Wildman–Crippen MR) is 96.6 cm³/mol. The van der Waals surface area contributed by atoms with Gasteiger partial charge in [0.05, 0.1) is 0 Å². The van der Waals surface area contributed by atoms with Crippen LogP contribution in [0.4, 0.5) is 0 Å². The van der Waals surface area contributed by atoms with Crippen LogP contribution in [0.3, 0.4) is 0 Å². The molecule has 118 valence electrons. The number of carboxylic acids is 1. The molecule has 0 aromatic heterocycles. The highest BCUT2D eigenvalue weighted by Crippen LogP contribution is 2.25. The molecule has 0 aliphatic heterocycles. The maximum atomic E-state index is 12.4. The molecule has 1 N–H and O–H groups in total. The van der Waals surface area contributed by atoms with Gasteiger partial charge in [0.2, 0.25) is 11.6 Å². The lowest BCUT2D eigenvalue weighted by Crippen LogP contribution is -2.15. The number of fused-ring (bicyclic) bond motifs is 1. The van der Waals surface area contributed by atoms with Crippen LogP contribution in [0.1, 0.15) is 29.6 Å². The predicted octanol–water partition coefficient (Wildman–Crippen LogP) is 4.01. The van der Waals surface area contributed by atoms with Gasteiger partial charge in [-0.3, -0.25) is 9.59 Å². The first-order valence-electron chi connectivity index (χ1n) is 7.07. The summed E-state index contributed by atoms with van der Waals surface area (Å²) in [6.07, 6.45) is 0.519. The molecule has 0 unspecified atom stereocenters. The van der Waals surface area contributed by atoms with Crippen molar-refractivity contribution in [3.8, 4) is 0 Å². The minimum atomic E-state index is -1.08. The molecule has 0 saturated heterocycles. The molecular formula is C18H15IO4. The second-order valence-corrected chi connectivity index (χ2v) is 6.32. The van der Waals surface area contributed by atoms with Crippen molar-refractivity contribution in [2.45, 2.75) is 19.3 Å². The molecule has 0 radical (unpaired) electrons. The molecule has 2 aromatic rings. The van der Waals surface area contributed by atoms with Gasteiger partial charge < -0.3 is 5.11 Å². The summed E-state index contributed by atoms with van der Waals surface area (Å²) in [5.41, 5.74) is 0.438. The maximum absolute atomic E-state index is 12.4. The second-order valence-electron chi connectivity index (χ2n) is 5.16. The fourth-order valence-electron chi connectivity index (χ4n) is 2.29. The SMILES string of the molecule is C=C(CCCC(=O)C(=O)c1ccc(I)c2ccccc12)C(=O)O. The number of benzene rings is 2. The van der Waals surface area contributed by atoms with Crippen LogP contribution in [0, 0.1) is 3.57 Å². The normalized spacial score (nSPS) is 10.5. The zero-order valence-corrected chi connectivity index (χ0v) is 14.5. The van der Waals surface area contributed by atoms with Crippen molar-refractivity contribution in [3.05, 3.63) is 57.7 Å². The topological polar surface area (TPSA) is 71.4 Å². The van der Waals surface area contributed by atoms with E-state index in [1.54, 1.807) is 6.07 Å². The fraction of sp³-hybridized carbons (Fsp3) is 0.167. The van der Waals surface area contributed by atoms with Crippen molar-refractivity contribution in [1.82, 2.24) is 0 Å². The van der Waals surface area contributed by atoms with E-state index in [0.717, 1.165) is 14.3 Å². The third-order valence-electron chi connectivity index (χ3n) is 3.55. The maximum Gasteiger partial charge on any atom is 0.330 e. The highest BCUT2D eigenvalue weighted by Gasteiger charge is 2.19. The number of aliphatic carboxylic acids is 1. The first-order chi connectivity index (χ1) is 10.9. The third kappa shape index (κ3) is 4.04. The van der Waals surface area contributed by atoms with Crippen LogP contribution in [0.15, 0.2) is 48.6 Å². The number of Topliss-reactive ketones (excluding diaryl/α,β-unsaturated/α-hetero) is 2. The number of rotatable bonds is 7. The summed E-state index contributed by atoms with van der Waals surface area (Å²) in [5, 5.41) is 10.4. The van der Waals surface area contributed by atoms with Crippen LogP contribution in [-0.2, 0) is 9.59 Å². The first kappa shape index (κ1) is 17.3. The van der Waals surface area contributed by atoms with Crippen LogP contribution in [0.25, 0.3) is 10.8 Å². The van der Waals surface area contributed by atoms with Gasteiger partial charge in [0.15, 0.2) is 0 Å². The van der Waals surface area contributed by atoms with Gasteiger partial charge in [-0.05, 0) is 58.3 Å². The number of halogens is 1. The lowest BCUT2D eigenvalue weighted by atomic mass is 9.97. The number of carbonyl (C=O) groups is 3. The van der Waals surface area contributed by atoms with E-state index >= 15 is 0 Å². The minimum Gasteiger partial charge on any atom is -0.478 e. The molecule has 0 heterocycles. The molecule has 0 aliphatic carbocycles. The molecule has 5 heteroatoms. The summed E-state index contributed by atoms with van der Waals surface area (Å²) in [7, 11) is 0. The zero-order valence-electron chi connectivity index (χ0n) is 12.3. The molecule has 2 rings (SSSR count). The smallest absolute Gasteiger partial charge is 0.330 e. The monoisotopic (exact) mass is 422 g/mol. The third-order valence-corrected chi connectivity index (χ3v) is 4.49. The van der Waals surface area contributed by atoms with E-state index < -0.39 is 17.5 Å². The largest absolute Gasteiger partial charge is 0.478 e. The van der Waals surface area contributed by atoms with E-state index in [0.29, 0.717) is 12.0 Å². The van der Waals surface area contributed by atoms with Crippen LogP contribution in [0.5, 0.6) is 0 Å². The van der Waals surface area contributed by atoms with Gasteiger partial charge in [0.25, 0.3) is 0 Å². The quantitative estimate of drug-likeness (QED) is 0.317. The van der Waals surface area contributed by atoms with Gasteiger partial charge in [-0.15, -0.1) is 0 Å². The average Bonchev–Trinajstić information content (AvgIpc) is 2.54. The molecule has 2 aromatic carbocycles. The molecule has 23 heavy (non-hydrogen) atoms. The van der Waals surface area contributed by atoms with Gasteiger partial charge in [-0.25, -0.2) is 4.79 Å². The fourth-order valence-corrected chi connectivity index (χ4v) is 2.94. The van der Waals surface area contributed by atoms with Gasteiger partial charge >= 0.3 is 5.97 Å². The van der Waals surface area contributed by atoms with E-state index in [1.165, 1.54) is 0 Å². The summed E-state index contributed by atoms with van der Waals surface area (Å²) < 4.78 is 1.01. The summed E-state index contributed by atoms with van der Waals surface area (Å²) in [6.45, 7) is 3.41. The summed E-state index contributed by atoms with van der Waals surface area (Å²) in [6, 6.07) is 10.9. The van der Waals surface area contributed by atoms with Crippen molar-refractivity contribution in [2.24, 2.45) is 0 Å². The Balaban J connectivity index is 2.15. The summed E-state index contributed by atoms with van der Waals surface area (Å²) >= 11 is 2.19. The summed E-state index contributed by atoms with van der Waals surface area (Å²) in [4.78, 5) is 35.1. The molecular weight excluding hydrogens is 407 g/mol. The lowest BCUT2D eigenvalue weighted by Gasteiger charge is -2.07. The molecule has 0 aliphatic rings. The summed E-state index contributed by atoms with van der Waals surface area (Å²) in [5.74, 6) is -2.11. The minimum absolute atomic E-state index is 0.0193. The molecule has 0 atom stereocenters. The number of hydrogen-bond donors (Lipinski definition) is 1. The van der Waals surface area contributed by atoms with E-state index in [9.17, 15) is 14.4 Å². The van der Waals surface area contributed by atoms with Crippen molar-refractivity contribution < 1.29 is 19.5 Å². The molecule has 0 fully saturated rings. The van der Waals surface area contributed by atoms with Crippen LogP contribution >= 0.6 is 22.6 Å². The Labute approximate surface area is 147 Å². The number of carboxylic acid groups (broad SMARTS) is 1. The van der Waals surface area contributed by atoms with Crippen LogP contribution in [-0.4, -0.2) is 22.6 Å². The second kappa shape index (κ2) is 7.50. The van der Waals surface area contributed by atoms with E-state index in [-0.39, 0.29) is 18.4 Å². The molecule has 0 amide bonds. The number of ketones is 2. The lowest BCUT2D eigenvalue weighted by molar-refractivity contribution is -0.132. The Morgan fingerprint density at radius 2 is 1.65 bits per heavy atom. The Kier molecular flexibility index (Phi) is 5.65. The number of hydrogen-bond acceptors (Lipinski definition) is 3. The van der Waals surface area contributed by atoms with Gasteiger partial charge in [-0.1, -0.05) is 30.8 Å². The zero-order chi connectivity index (χ0) is 17.0. The Morgan fingerprint density at radius 3 is 2.30 bits per heavy atom. The van der Waals surface area contributed by atoms with Crippen molar-refractivity contribution in [2.75, 3.05) is 0 Å². The molecule has 0 spiro atoms. The highest BCUT2D eigenvalue weighted by molar-refractivity contribution is 14.1. The van der Waals surface area contributed by atoms with E-state index in [2.05, 4.69) is 29.2 Å². The van der Waals surface area contributed by atoms with E-state index in [1.807, 2.05) is 30.3 Å². The van der Waals surface area contributed by atoms with Crippen LogP contribution < -0.4 is 0 Å². The Hall–Kier alpha value is -2.02. The molecule has 0 bridgehead atoms.